The van der Waals surface area contributed by atoms with Crippen LogP contribution < -0.4 is 14.4 Å². The van der Waals surface area contributed by atoms with E-state index < -0.39 is 23.5 Å². The lowest BCUT2D eigenvalue weighted by molar-refractivity contribution is -0.117. The van der Waals surface area contributed by atoms with Gasteiger partial charge < -0.3 is 19.0 Å². The van der Waals surface area contributed by atoms with Gasteiger partial charge in [0.25, 0.3) is 5.91 Å². The molecule has 5 rings (SSSR count). The van der Waals surface area contributed by atoms with E-state index in [0.29, 0.717) is 51.0 Å². The molecule has 1 aliphatic heterocycles. The summed E-state index contributed by atoms with van der Waals surface area (Å²) in [7, 11) is 1.52. The normalized spacial score (nSPS) is 15.6. The second-order valence-corrected chi connectivity index (χ2v) is 11.1. The molecule has 1 amide bonds. The van der Waals surface area contributed by atoms with Crippen molar-refractivity contribution in [1.82, 2.24) is 4.98 Å². The number of ether oxygens (including phenoxy) is 2. The SMILES string of the molecule is COc1cc(C2C(C(=O)c3ccc(C)o3)=C(O)C(=O)N2c2nc3ccc(Cl)cc3s2)ccc1OCCC(C)C. The number of aromatic nitrogens is 1. The minimum Gasteiger partial charge on any atom is -0.503 e. The summed E-state index contributed by atoms with van der Waals surface area (Å²) in [5.41, 5.74) is 1.06. The summed E-state index contributed by atoms with van der Waals surface area (Å²) >= 11 is 7.40. The number of amides is 1. The van der Waals surface area contributed by atoms with Gasteiger partial charge in [-0.05, 0) is 67.3 Å². The van der Waals surface area contributed by atoms with Crippen LogP contribution in [-0.4, -0.2) is 35.5 Å². The van der Waals surface area contributed by atoms with Crippen LogP contribution in [0.3, 0.4) is 0 Å². The number of anilines is 1. The number of nitrogens with zero attached hydrogens (tertiary/aromatic N) is 2. The Morgan fingerprint density at radius 3 is 2.67 bits per heavy atom. The third-order valence-electron chi connectivity index (χ3n) is 6.42. The molecular formula is C29H27ClN2O6S. The molecule has 1 aliphatic rings. The van der Waals surface area contributed by atoms with Crippen LogP contribution in [0.25, 0.3) is 10.2 Å². The first-order valence-corrected chi connectivity index (χ1v) is 13.6. The van der Waals surface area contributed by atoms with Crippen LogP contribution >= 0.6 is 22.9 Å². The predicted octanol–water partition coefficient (Wildman–Crippen LogP) is 7.07. The summed E-state index contributed by atoms with van der Waals surface area (Å²) < 4.78 is 17.9. The molecule has 39 heavy (non-hydrogen) atoms. The van der Waals surface area contributed by atoms with Gasteiger partial charge in [0.05, 0.1) is 35.5 Å². The number of halogens is 1. The largest absolute Gasteiger partial charge is 0.503 e. The highest BCUT2D eigenvalue weighted by atomic mass is 35.5. The van der Waals surface area contributed by atoms with Gasteiger partial charge in [0.15, 0.2) is 28.1 Å². The van der Waals surface area contributed by atoms with E-state index >= 15 is 0 Å². The van der Waals surface area contributed by atoms with Crippen molar-refractivity contribution in [2.75, 3.05) is 18.6 Å². The van der Waals surface area contributed by atoms with E-state index in [0.717, 1.165) is 11.1 Å². The molecule has 0 saturated heterocycles. The van der Waals surface area contributed by atoms with E-state index in [1.165, 1.54) is 29.4 Å². The number of ketones is 1. The molecule has 2 aromatic carbocycles. The molecule has 3 heterocycles. The number of carbonyl (C=O) groups excluding carboxylic acids is 2. The van der Waals surface area contributed by atoms with Crippen molar-refractivity contribution < 1.29 is 28.6 Å². The molecule has 0 aliphatic carbocycles. The Balaban J connectivity index is 1.62. The van der Waals surface area contributed by atoms with Gasteiger partial charge in [0, 0.05) is 5.02 Å². The van der Waals surface area contributed by atoms with Gasteiger partial charge in [0.1, 0.15) is 5.76 Å². The lowest BCUT2D eigenvalue weighted by Gasteiger charge is -2.25. The van der Waals surface area contributed by atoms with E-state index in [-0.39, 0.29) is 11.3 Å². The molecule has 0 bridgehead atoms. The fourth-order valence-electron chi connectivity index (χ4n) is 4.41. The molecule has 8 nitrogen and oxygen atoms in total. The van der Waals surface area contributed by atoms with Gasteiger partial charge in [-0.25, -0.2) is 4.98 Å². The molecule has 1 N–H and O–H groups in total. The average Bonchev–Trinajstić information content (AvgIpc) is 3.59. The van der Waals surface area contributed by atoms with Crippen molar-refractivity contribution in [3.05, 3.63) is 82.0 Å². The lowest BCUT2D eigenvalue weighted by Crippen LogP contribution is -2.31. The number of hydrogen-bond donors (Lipinski definition) is 1. The van der Waals surface area contributed by atoms with Crippen LogP contribution in [0.5, 0.6) is 11.5 Å². The third kappa shape index (κ3) is 5.12. The summed E-state index contributed by atoms with van der Waals surface area (Å²) in [6.07, 6.45) is 0.870. The number of aryl methyl sites for hydroxylation is 1. The Morgan fingerprint density at radius 1 is 1.18 bits per heavy atom. The molecule has 0 saturated carbocycles. The molecule has 4 aromatic rings. The molecule has 0 spiro atoms. The Kier molecular flexibility index (Phi) is 7.38. The van der Waals surface area contributed by atoms with Gasteiger partial charge in [-0.1, -0.05) is 42.9 Å². The highest BCUT2D eigenvalue weighted by Crippen LogP contribution is 2.46. The van der Waals surface area contributed by atoms with Crippen LogP contribution in [0, 0.1) is 12.8 Å². The van der Waals surface area contributed by atoms with Crippen LogP contribution in [0.1, 0.15) is 48.2 Å². The Morgan fingerprint density at radius 2 is 1.97 bits per heavy atom. The molecule has 0 radical (unpaired) electrons. The first-order chi connectivity index (χ1) is 18.7. The number of Topliss-reactive ketones (excluding diaryl/α,β-unsaturated/α-hetero) is 1. The average molecular weight is 567 g/mol. The molecule has 202 valence electrons. The maximum atomic E-state index is 13.6. The van der Waals surface area contributed by atoms with Gasteiger partial charge in [-0.3, -0.25) is 14.5 Å². The Labute approximate surface area is 234 Å². The first kappa shape index (κ1) is 26.8. The standard InChI is InChI=1S/C29H27ClN2O6S/c1-15(2)11-12-37-20-10-6-17(13-22(20)36-4)25-24(26(33)21-9-5-16(3)38-21)27(34)28(35)32(25)29-31-19-8-7-18(30)14-23(19)39-29/h5-10,13-15,25,34H,11-12H2,1-4H3. The zero-order valence-electron chi connectivity index (χ0n) is 21.9. The van der Waals surface area contributed by atoms with E-state index in [1.807, 2.05) is 0 Å². The zero-order chi connectivity index (χ0) is 27.8. The topological polar surface area (TPSA) is 102 Å². The minimum absolute atomic E-state index is 0.0189. The second kappa shape index (κ2) is 10.7. The third-order valence-corrected chi connectivity index (χ3v) is 7.67. The fraction of sp³-hybridized carbons (Fsp3) is 0.276. The van der Waals surface area contributed by atoms with E-state index in [4.69, 9.17) is 25.5 Å². The van der Waals surface area contributed by atoms with Crippen molar-refractivity contribution >= 4 is 50.0 Å². The predicted molar refractivity (Wildman–Crippen MR) is 150 cm³/mol. The molecule has 1 unspecified atom stereocenters. The monoisotopic (exact) mass is 566 g/mol. The minimum atomic E-state index is -0.995. The number of rotatable bonds is 9. The summed E-state index contributed by atoms with van der Waals surface area (Å²) in [6.45, 7) is 6.45. The zero-order valence-corrected chi connectivity index (χ0v) is 23.4. The van der Waals surface area contributed by atoms with Crippen molar-refractivity contribution in [3.8, 4) is 11.5 Å². The number of fused-ring (bicyclic) bond motifs is 1. The summed E-state index contributed by atoms with van der Waals surface area (Å²) in [6, 6.07) is 12.6. The second-order valence-electron chi connectivity index (χ2n) is 9.63. The van der Waals surface area contributed by atoms with E-state index in [2.05, 4.69) is 18.8 Å². The van der Waals surface area contributed by atoms with E-state index in [1.54, 1.807) is 49.4 Å². The van der Waals surface area contributed by atoms with Gasteiger partial charge in [-0.2, -0.15) is 0 Å². The number of furan rings is 1. The summed E-state index contributed by atoms with van der Waals surface area (Å²) in [5.74, 6) is 0.00225. The lowest BCUT2D eigenvalue weighted by atomic mass is 9.95. The molecular weight excluding hydrogens is 540 g/mol. The smallest absolute Gasteiger partial charge is 0.296 e. The maximum absolute atomic E-state index is 13.6. The van der Waals surface area contributed by atoms with Crippen LogP contribution in [0.2, 0.25) is 5.02 Å². The quantitative estimate of drug-likeness (QED) is 0.216. The highest BCUT2D eigenvalue weighted by Gasteiger charge is 2.46. The first-order valence-electron chi connectivity index (χ1n) is 12.4. The van der Waals surface area contributed by atoms with Gasteiger partial charge in [-0.15, -0.1) is 0 Å². The number of aliphatic hydroxyl groups excluding tert-OH is 1. The molecule has 1 atom stereocenters. The summed E-state index contributed by atoms with van der Waals surface area (Å²) in [4.78, 5) is 33.1. The number of hydrogen-bond acceptors (Lipinski definition) is 8. The number of methoxy groups -OCH3 is 1. The number of carbonyl (C=O) groups is 2. The van der Waals surface area contributed by atoms with Crippen molar-refractivity contribution in [2.24, 2.45) is 5.92 Å². The molecule has 0 fully saturated rings. The molecule has 2 aromatic heterocycles. The van der Waals surface area contributed by atoms with E-state index in [9.17, 15) is 14.7 Å². The van der Waals surface area contributed by atoms with Crippen molar-refractivity contribution in [1.29, 1.82) is 0 Å². The Bertz CT molecular complexity index is 1600. The van der Waals surface area contributed by atoms with Crippen LogP contribution in [0.4, 0.5) is 5.13 Å². The van der Waals surface area contributed by atoms with Crippen molar-refractivity contribution in [3.63, 3.8) is 0 Å². The Hall–Kier alpha value is -3.82. The fourth-order valence-corrected chi connectivity index (χ4v) is 5.67. The van der Waals surface area contributed by atoms with Crippen LogP contribution in [0.15, 0.2) is 64.3 Å². The highest BCUT2D eigenvalue weighted by molar-refractivity contribution is 7.22. The number of benzene rings is 2. The molecule has 10 heteroatoms. The number of thiazole rings is 1. The maximum Gasteiger partial charge on any atom is 0.296 e. The van der Waals surface area contributed by atoms with Gasteiger partial charge >= 0.3 is 0 Å². The summed E-state index contributed by atoms with van der Waals surface area (Å²) in [5, 5.41) is 11.9. The number of aliphatic hydroxyl groups is 1. The van der Waals surface area contributed by atoms with Crippen LogP contribution in [-0.2, 0) is 4.79 Å². The van der Waals surface area contributed by atoms with Crippen molar-refractivity contribution in [2.45, 2.75) is 33.2 Å². The van der Waals surface area contributed by atoms with Gasteiger partial charge in [0.2, 0.25) is 5.78 Å².